The normalized spacial score (nSPS) is 11.7. The van der Waals surface area contributed by atoms with Gasteiger partial charge in [0.15, 0.2) is 0 Å². The van der Waals surface area contributed by atoms with E-state index in [-0.39, 0.29) is 12.0 Å². The van der Waals surface area contributed by atoms with Crippen LogP contribution in [0.1, 0.15) is 15.9 Å². The average Bonchev–Trinajstić information content (AvgIpc) is 3.10. The molecule has 0 unspecified atom stereocenters. The van der Waals surface area contributed by atoms with Gasteiger partial charge in [0, 0.05) is 23.5 Å². The van der Waals surface area contributed by atoms with Crippen molar-refractivity contribution in [2.75, 3.05) is 7.11 Å². The lowest BCUT2D eigenvalue weighted by Crippen LogP contribution is -2.45. The molecule has 0 aliphatic rings. The van der Waals surface area contributed by atoms with Gasteiger partial charge < -0.3 is 20.1 Å². The number of hydrogen-bond acceptors (Lipinski definition) is 4. The molecule has 0 aliphatic heterocycles. The van der Waals surface area contributed by atoms with E-state index < -0.39 is 23.7 Å². The number of Topliss-reactive ketones (excluding diaryl/α,β-unsaturated/α-hetero) is 1. The minimum atomic E-state index is -1.21. The first-order valence-electron chi connectivity index (χ1n) is 8.26. The number of benzene rings is 2. The molecule has 138 valence electrons. The molecule has 0 saturated heterocycles. The van der Waals surface area contributed by atoms with Gasteiger partial charge in [-0.2, -0.15) is 0 Å². The van der Waals surface area contributed by atoms with Crippen LogP contribution in [0.3, 0.4) is 0 Å². The summed E-state index contributed by atoms with van der Waals surface area (Å²) in [5, 5.41) is 12.2. The van der Waals surface area contributed by atoms with E-state index in [9.17, 15) is 19.5 Å². The Kier molecular flexibility index (Phi) is 5.21. The van der Waals surface area contributed by atoms with Gasteiger partial charge in [-0.3, -0.25) is 9.59 Å². The van der Waals surface area contributed by atoms with Gasteiger partial charge in [0.25, 0.3) is 11.7 Å². The SMILES string of the molecule is COc1ccc2[nH]cc(C(=O)C(=O)N[C@H](Cc3ccccc3)C(=O)O)c2c1. The van der Waals surface area contributed by atoms with Crippen molar-refractivity contribution in [1.82, 2.24) is 10.3 Å². The van der Waals surface area contributed by atoms with Crippen molar-refractivity contribution in [3.05, 3.63) is 65.9 Å². The Balaban J connectivity index is 1.80. The van der Waals surface area contributed by atoms with Crippen molar-refractivity contribution in [3.8, 4) is 5.75 Å². The van der Waals surface area contributed by atoms with Crippen LogP contribution in [-0.4, -0.2) is 40.9 Å². The molecule has 0 fully saturated rings. The smallest absolute Gasteiger partial charge is 0.326 e. The number of methoxy groups -OCH3 is 1. The third-order valence-corrected chi connectivity index (χ3v) is 4.23. The number of ether oxygens (including phenoxy) is 1. The van der Waals surface area contributed by atoms with Gasteiger partial charge in [-0.1, -0.05) is 30.3 Å². The number of rotatable bonds is 7. The Hall–Kier alpha value is -3.61. The number of carbonyl (C=O) groups is 3. The third kappa shape index (κ3) is 3.98. The highest BCUT2D eigenvalue weighted by Crippen LogP contribution is 2.24. The van der Waals surface area contributed by atoms with Crippen LogP contribution in [0.25, 0.3) is 10.9 Å². The summed E-state index contributed by atoms with van der Waals surface area (Å²) in [7, 11) is 1.50. The second-order valence-corrected chi connectivity index (χ2v) is 6.00. The van der Waals surface area contributed by atoms with Gasteiger partial charge in [0.05, 0.1) is 12.7 Å². The topological polar surface area (TPSA) is 108 Å². The third-order valence-electron chi connectivity index (χ3n) is 4.23. The van der Waals surface area contributed by atoms with Gasteiger partial charge in [-0.15, -0.1) is 0 Å². The summed E-state index contributed by atoms with van der Waals surface area (Å²) in [5.74, 6) is -2.44. The minimum absolute atomic E-state index is 0.0803. The Morgan fingerprint density at radius 1 is 1.15 bits per heavy atom. The molecule has 0 spiro atoms. The molecule has 0 bridgehead atoms. The van der Waals surface area contributed by atoms with E-state index in [1.165, 1.54) is 13.3 Å². The highest BCUT2D eigenvalue weighted by atomic mass is 16.5. The predicted octanol–water partition coefficient (Wildman–Crippen LogP) is 2.17. The summed E-state index contributed by atoms with van der Waals surface area (Å²) in [6, 6.07) is 12.8. The number of carboxylic acid groups (broad SMARTS) is 1. The maximum atomic E-state index is 12.6. The van der Waals surface area contributed by atoms with E-state index in [4.69, 9.17) is 4.74 Å². The van der Waals surface area contributed by atoms with Gasteiger partial charge >= 0.3 is 5.97 Å². The zero-order chi connectivity index (χ0) is 19.4. The first-order chi connectivity index (χ1) is 13.0. The van der Waals surface area contributed by atoms with Crippen LogP contribution in [0.4, 0.5) is 0 Å². The van der Waals surface area contributed by atoms with Crippen LogP contribution < -0.4 is 10.1 Å². The number of aliphatic carboxylic acids is 1. The molecule has 27 heavy (non-hydrogen) atoms. The summed E-state index contributed by atoms with van der Waals surface area (Å²) in [6.45, 7) is 0. The lowest BCUT2D eigenvalue weighted by atomic mass is 10.0. The van der Waals surface area contributed by atoms with E-state index >= 15 is 0 Å². The van der Waals surface area contributed by atoms with Crippen molar-refractivity contribution < 1.29 is 24.2 Å². The van der Waals surface area contributed by atoms with Crippen molar-refractivity contribution in [3.63, 3.8) is 0 Å². The monoisotopic (exact) mass is 366 g/mol. The molecule has 3 aromatic rings. The highest BCUT2D eigenvalue weighted by molar-refractivity contribution is 6.45. The molecule has 0 aliphatic carbocycles. The minimum Gasteiger partial charge on any atom is -0.497 e. The van der Waals surface area contributed by atoms with Crippen molar-refractivity contribution >= 4 is 28.6 Å². The van der Waals surface area contributed by atoms with Crippen molar-refractivity contribution in [2.45, 2.75) is 12.5 Å². The quantitative estimate of drug-likeness (QED) is 0.439. The van der Waals surface area contributed by atoms with Crippen molar-refractivity contribution in [2.24, 2.45) is 0 Å². The number of hydrogen-bond donors (Lipinski definition) is 3. The summed E-state index contributed by atoms with van der Waals surface area (Å²) in [5.41, 5.74) is 1.57. The first-order valence-corrected chi connectivity index (χ1v) is 8.26. The molecule has 3 N–H and O–H groups in total. The van der Waals surface area contributed by atoms with Gasteiger partial charge in [-0.05, 0) is 23.8 Å². The average molecular weight is 366 g/mol. The van der Waals surface area contributed by atoms with Gasteiger partial charge in [0.1, 0.15) is 11.8 Å². The van der Waals surface area contributed by atoms with Gasteiger partial charge in [0.2, 0.25) is 0 Å². The molecule has 1 atom stereocenters. The Morgan fingerprint density at radius 3 is 2.56 bits per heavy atom. The largest absolute Gasteiger partial charge is 0.497 e. The molecule has 0 saturated carbocycles. The Bertz CT molecular complexity index is 994. The van der Waals surface area contributed by atoms with Crippen LogP contribution in [0.5, 0.6) is 5.75 Å². The Labute approximate surface area is 155 Å². The van der Waals surface area contributed by atoms with Crippen LogP contribution in [0, 0.1) is 0 Å². The highest BCUT2D eigenvalue weighted by Gasteiger charge is 2.26. The van der Waals surface area contributed by atoms with E-state index in [1.54, 1.807) is 42.5 Å². The lowest BCUT2D eigenvalue weighted by Gasteiger charge is -2.14. The van der Waals surface area contributed by atoms with E-state index in [0.717, 1.165) is 5.56 Å². The number of nitrogens with one attached hydrogen (secondary N) is 2. The summed E-state index contributed by atoms with van der Waals surface area (Å²) in [4.78, 5) is 39.4. The number of carboxylic acids is 1. The number of fused-ring (bicyclic) bond motifs is 1. The number of aromatic amines is 1. The van der Waals surface area contributed by atoms with Crippen LogP contribution >= 0.6 is 0 Å². The fourth-order valence-electron chi connectivity index (χ4n) is 2.81. The maximum Gasteiger partial charge on any atom is 0.326 e. The zero-order valence-corrected chi connectivity index (χ0v) is 14.6. The maximum absolute atomic E-state index is 12.6. The van der Waals surface area contributed by atoms with Crippen LogP contribution in [-0.2, 0) is 16.0 Å². The molecule has 7 heteroatoms. The zero-order valence-electron chi connectivity index (χ0n) is 14.6. The first kappa shape index (κ1) is 18.2. The van der Waals surface area contributed by atoms with Gasteiger partial charge in [-0.25, -0.2) is 4.79 Å². The van der Waals surface area contributed by atoms with Crippen molar-refractivity contribution in [1.29, 1.82) is 0 Å². The second-order valence-electron chi connectivity index (χ2n) is 6.00. The summed E-state index contributed by atoms with van der Waals surface area (Å²) >= 11 is 0. The molecule has 2 aromatic carbocycles. The standard InChI is InChI=1S/C20H18N2O5/c1-27-13-7-8-16-14(10-13)15(11-21-16)18(23)19(24)22-17(20(25)26)9-12-5-3-2-4-6-12/h2-8,10-11,17,21H,9H2,1H3,(H,22,24)(H,25,26)/t17-/m1/s1. The fourth-order valence-corrected chi connectivity index (χ4v) is 2.81. The van der Waals surface area contributed by atoms with E-state index in [2.05, 4.69) is 10.3 Å². The number of aromatic nitrogens is 1. The fraction of sp³-hybridized carbons (Fsp3) is 0.150. The lowest BCUT2D eigenvalue weighted by molar-refractivity contribution is -0.141. The second kappa shape index (κ2) is 7.74. The number of carbonyl (C=O) groups excluding carboxylic acids is 2. The molecular formula is C20H18N2O5. The molecule has 1 amide bonds. The summed E-state index contributed by atoms with van der Waals surface area (Å²) in [6.07, 6.45) is 1.51. The molecule has 3 rings (SSSR count). The molecular weight excluding hydrogens is 348 g/mol. The predicted molar refractivity (Wildman–Crippen MR) is 98.9 cm³/mol. The summed E-state index contributed by atoms with van der Waals surface area (Å²) < 4.78 is 5.15. The van der Waals surface area contributed by atoms with E-state index in [1.807, 2.05) is 6.07 Å². The molecule has 1 aromatic heterocycles. The molecule has 7 nitrogen and oxygen atoms in total. The van der Waals surface area contributed by atoms with Crippen LogP contribution in [0.15, 0.2) is 54.7 Å². The molecule has 1 heterocycles. The molecule has 0 radical (unpaired) electrons. The number of ketones is 1. The Morgan fingerprint density at radius 2 is 1.89 bits per heavy atom. The number of amides is 1. The van der Waals surface area contributed by atoms with Crippen LogP contribution in [0.2, 0.25) is 0 Å². The number of H-pyrrole nitrogens is 1. The van der Waals surface area contributed by atoms with E-state index in [0.29, 0.717) is 16.7 Å².